The summed E-state index contributed by atoms with van der Waals surface area (Å²) in [7, 11) is -1.85. The zero-order valence-electron chi connectivity index (χ0n) is 29.9. The van der Waals surface area contributed by atoms with Crippen molar-refractivity contribution in [3.8, 4) is 11.3 Å². The Kier molecular flexibility index (Phi) is 11.3. The summed E-state index contributed by atoms with van der Waals surface area (Å²) >= 11 is 0. The van der Waals surface area contributed by atoms with Gasteiger partial charge >= 0.3 is 0 Å². The molecule has 0 saturated carbocycles. The van der Waals surface area contributed by atoms with Crippen molar-refractivity contribution in [1.82, 2.24) is 4.98 Å². The topological polar surface area (TPSA) is 22.1 Å². The van der Waals surface area contributed by atoms with Gasteiger partial charge in [-0.3, -0.25) is 4.98 Å². The molecular formula is C40H61NOSi. The van der Waals surface area contributed by atoms with Crippen molar-refractivity contribution in [1.29, 1.82) is 0 Å². The van der Waals surface area contributed by atoms with E-state index in [1.807, 2.05) is 6.20 Å². The molecule has 3 heteroatoms. The molecule has 0 aliphatic rings. The van der Waals surface area contributed by atoms with Crippen LogP contribution in [0, 0.1) is 19.3 Å². The lowest BCUT2D eigenvalue weighted by molar-refractivity contribution is 0.0657. The first-order valence-corrected chi connectivity index (χ1v) is 19.7. The summed E-state index contributed by atoms with van der Waals surface area (Å²) in [5.41, 5.74) is 10.7. The van der Waals surface area contributed by atoms with Crippen molar-refractivity contribution in [2.24, 2.45) is 5.41 Å². The quantitative estimate of drug-likeness (QED) is 0.193. The maximum absolute atomic E-state index is 7.00. The Balaban J connectivity index is 1.88. The van der Waals surface area contributed by atoms with E-state index < -0.39 is 8.32 Å². The molecule has 0 spiro atoms. The van der Waals surface area contributed by atoms with Crippen LogP contribution in [0.1, 0.15) is 121 Å². The van der Waals surface area contributed by atoms with Crippen LogP contribution in [-0.2, 0) is 22.7 Å². The maximum atomic E-state index is 7.00. The standard InChI is InChI=1S/C40H61NOSi/c1-14-17-31-18-24-36(41-28-31)35-23-22-34(27-30(35)5)40(15-2,16-3)33-21-19-32(29(4)26-33)20-25-37(38(6,7)8)42-43(12,13)39(9,10)11/h18-19,21-24,26-28,37H,14-17,20,25H2,1-13H3. The van der Waals surface area contributed by atoms with Crippen LogP contribution in [0.15, 0.2) is 54.7 Å². The first-order chi connectivity index (χ1) is 20.0. The molecule has 0 amide bonds. The molecule has 3 aromatic rings. The number of hydrogen-bond acceptors (Lipinski definition) is 2. The molecule has 43 heavy (non-hydrogen) atoms. The summed E-state index contributed by atoms with van der Waals surface area (Å²) < 4.78 is 7.00. The number of aryl methyl sites for hydroxylation is 4. The van der Waals surface area contributed by atoms with Gasteiger partial charge in [0.2, 0.25) is 0 Å². The fourth-order valence-corrected chi connectivity index (χ4v) is 7.80. The molecule has 1 atom stereocenters. The molecule has 1 heterocycles. The third kappa shape index (κ3) is 8.08. The van der Waals surface area contributed by atoms with Gasteiger partial charge in [0.05, 0.1) is 11.8 Å². The average molecular weight is 600 g/mol. The maximum Gasteiger partial charge on any atom is 0.192 e. The van der Waals surface area contributed by atoms with E-state index in [1.54, 1.807) is 0 Å². The molecule has 0 aliphatic carbocycles. The number of aromatic nitrogens is 1. The van der Waals surface area contributed by atoms with E-state index in [1.165, 1.54) is 38.9 Å². The number of benzene rings is 2. The second kappa shape index (κ2) is 13.8. The van der Waals surface area contributed by atoms with Gasteiger partial charge in [0, 0.05) is 17.2 Å². The second-order valence-corrected chi connectivity index (χ2v) is 20.3. The Morgan fingerprint density at radius 1 is 0.767 bits per heavy atom. The fourth-order valence-electron chi connectivity index (χ4n) is 6.26. The number of rotatable bonds is 12. The molecular weight excluding hydrogens is 539 g/mol. The molecule has 1 aromatic heterocycles. The van der Waals surface area contributed by atoms with Crippen LogP contribution in [0.5, 0.6) is 0 Å². The van der Waals surface area contributed by atoms with Gasteiger partial charge in [0.1, 0.15) is 0 Å². The lowest BCUT2D eigenvalue weighted by Gasteiger charge is -2.43. The molecule has 2 nitrogen and oxygen atoms in total. The number of nitrogens with zero attached hydrogens (tertiary/aromatic N) is 1. The van der Waals surface area contributed by atoms with Crippen molar-refractivity contribution in [3.63, 3.8) is 0 Å². The molecule has 0 bridgehead atoms. The van der Waals surface area contributed by atoms with E-state index in [-0.39, 0.29) is 22.0 Å². The van der Waals surface area contributed by atoms with Gasteiger partial charge in [-0.1, -0.05) is 111 Å². The highest BCUT2D eigenvalue weighted by Crippen LogP contribution is 2.42. The molecule has 0 radical (unpaired) electrons. The van der Waals surface area contributed by atoms with E-state index in [0.29, 0.717) is 0 Å². The normalized spacial score (nSPS) is 13.8. The van der Waals surface area contributed by atoms with Gasteiger partial charge in [0.15, 0.2) is 8.32 Å². The van der Waals surface area contributed by atoms with Crippen molar-refractivity contribution in [3.05, 3.63) is 88.1 Å². The fraction of sp³-hybridized carbons (Fsp3) is 0.575. The first kappa shape index (κ1) is 35.2. The lowest BCUT2D eigenvalue weighted by atomic mass is 9.69. The molecule has 236 valence electrons. The van der Waals surface area contributed by atoms with Crippen molar-refractivity contribution in [2.45, 2.75) is 144 Å². The smallest absolute Gasteiger partial charge is 0.192 e. The van der Waals surface area contributed by atoms with E-state index in [2.05, 4.69) is 138 Å². The third-order valence-electron chi connectivity index (χ3n) is 10.4. The van der Waals surface area contributed by atoms with Gasteiger partial charge in [-0.2, -0.15) is 0 Å². The summed E-state index contributed by atoms with van der Waals surface area (Å²) in [4.78, 5) is 4.81. The Hall–Kier alpha value is -2.23. The number of hydrogen-bond donors (Lipinski definition) is 0. The van der Waals surface area contributed by atoms with Crippen LogP contribution in [0.2, 0.25) is 18.1 Å². The Morgan fingerprint density at radius 3 is 1.84 bits per heavy atom. The molecule has 0 N–H and O–H groups in total. The highest BCUT2D eigenvalue weighted by molar-refractivity contribution is 6.74. The monoisotopic (exact) mass is 599 g/mol. The summed E-state index contributed by atoms with van der Waals surface area (Å²) in [5, 5.41) is 0.212. The van der Waals surface area contributed by atoms with Crippen LogP contribution in [-0.4, -0.2) is 19.4 Å². The van der Waals surface area contributed by atoms with E-state index >= 15 is 0 Å². The predicted octanol–water partition coefficient (Wildman–Crippen LogP) is 11.8. The molecule has 0 saturated heterocycles. The van der Waals surface area contributed by atoms with Crippen LogP contribution in [0.4, 0.5) is 0 Å². The van der Waals surface area contributed by atoms with Crippen LogP contribution in [0.3, 0.4) is 0 Å². The van der Waals surface area contributed by atoms with E-state index in [0.717, 1.165) is 44.2 Å². The minimum atomic E-state index is -1.85. The average Bonchev–Trinajstić information content (AvgIpc) is 2.92. The minimum absolute atomic E-state index is 0.00954. The lowest BCUT2D eigenvalue weighted by Crippen LogP contribution is -2.47. The van der Waals surface area contributed by atoms with Gasteiger partial charge in [-0.15, -0.1) is 0 Å². The van der Waals surface area contributed by atoms with Crippen LogP contribution < -0.4 is 0 Å². The first-order valence-electron chi connectivity index (χ1n) is 16.8. The van der Waals surface area contributed by atoms with Crippen molar-refractivity contribution in [2.75, 3.05) is 0 Å². The molecule has 1 unspecified atom stereocenters. The molecule has 0 fully saturated rings. The summed E-state index contributed by atoms with van der Waals surface area (Å²) in [6, 6.07) is 18.8. The van der Waals surface area contributed by atoms with Crippen LogP contribution in [0.25, 0.3) is 11.3 Å². The highest BCUT2D eigenvalue weighted by atomic mass is 28.4. The van der Waals surface area contributed by atoms with Gasteiger partial charge < -0.3 is 4.43 Å². The van der Waals surface area contributed by atoms with Crippen LogP contribution >= 0.6 is 0 Å². The highest BCUT2D eigenvalue weighted by Gasteiger charge is 2.41. The molecule has 2 aromatic carbocycles. The molecule has 3 rings (SSSR count). The van der Waals surface area contributed by atoms with Gasteiger partial charge in [-0.25, -0.2) is 0 Å². The van der Waals surface area contributed by atoms with E-state index in [4.69, 9.17) is 9.41 Å². The summed E-state index contributed by atoms with van der Waals surface area (Å²) in [6.45, 7) is 30.2. The Labute approximate surface area is 266 Å². The second-order valence-electron chi connectivity index (χ2n) is 15.5. The zero-order chi connectivity index (χ0) is 32.2. The van der Waals surface area contributed by atoms with E-state index in [9.17, 15) is 0 Å². The summed E-state index contributed by atoms with van der Waals surface area (Å²) in [6.07, 6.45) is 8.76. The third-order valence-corrected chi connectivity index (χ3v) is 14.9. The molecule has 0 aliphatic heterocycles. The Bertz CT molecular complexity index is 1340. The zero-order valence-corrected chi connectivity index (χ0v) is 30.9. The predicted molar refractivity (Wildman–Crippen MR) is 191 cm³/mol. The number of pyridine rings is 1. The van der Waals surface area contributed by atoms with Crippen molar-refractivity contribution >= 4 is 8.32 Å². The summed E-state index contributed by atoms with van der Waals surface area (Å²) in [5.74, 6) is 0. The largest absolute Gasteiger partial charge is 0.413 e. The van der Waals surface area contributed by atoms with Gasteiger partial charge in [0.25, 0.3) is 0 Å². The SMILES string of the molecule is CCCc1ccc(-c2ccc(C(CC)(CC)c3ccc(CCC(O[Si](C)(C)C(C)(C)C)C(C)(C)C)c(C)c3)cc2C)nc1. The Morgan fingerprint density at radius 2 is 1.37 bits per heavy atom. The van der Waals surface area contributed by atoms with Gasteiger partial charge in [-0.05, 0) is 109 Å². The van der Waals surface area contributed by atoms with Crippen molar-refractivity contribution < 1.29 is 4.43 Å². The minimum Gasteiger partial charge on any atom is -0.413 e.